The lowest BCUT2D eigenvalue weighted by Gasteiger charge is -2.22. The first-order valence-corrected chi connectivity index (χ1v) is 15.2. The second kappa shape index (κ2) is 10.1. The van der Waals surface area contributed by atoms with Crippen molar-refractivity contribution in [2.45, 2.75) is 52.4 Å². The van der Waals surface area contributed by atoms with Gasteiger partial charge in [-0.25, -0.2) is 4.98 Å². The molecule has 4 aromatic carbocycles. The van der Waals surface area contributed by atoms with Crippen molar-refractivity contribution in [2.24, 2.45) is 7.05 Å². The van der Waals surface area contributed by atoms with Gasteiger partial charge in [0.05, 0.1) is 34.8 Å². The zero-order chi connectivity index (χ0) is 30.8. The van der Waals surface area contributed by atoms with E-state index in [-0.39, 0.29) is 10.8 Å². The van der Waals surface area contributed by atoms with Crippen LogP contribution in [0.15, 0.2) is 103 Å². The van der Waals surface area contributed by atoms with Crippen molar-refractivity contribution in [3.05, 3.63) is 121 Å². The van der Waals surface area contributed by atoms with Gasteiger partial charge in [-0.15, -0.1) is 0 Å². The summed E-state index contributed by atoms with van der Waals surface area (Å²) in [4.78, 5) is 4.83. The van der Waals surface area contributed by atoms with Gasteiger partial charge in [0.25, 0.3) is 0 Å². The Balaban J connectivity index is 1.38. The average molecular weight is 579 g/mol. The van der Waals surface area contributed by atoms with E-state index in [1.54, 1.807) is 0 Å². The molecule has 5 nitrogen and oxygen atoms in total. The molecular formula is C39H38N4O. The number of nitrogens with zero attached hydrogens (tertiary/aromatic N) is 4. The number of aryl methyl sites for hydroxylation is 1. The van der Waals surface area contributed by atoms with E-state index in [9.17, 15) is 0 Å². The molecule has 0 atom stereocenters. The van der Waals surface area contributed by atoms with Crippen molar-refractivity contribution in [1.82, 2.24) is 14.1 Å². The van der Waals surface area contributed by atoms with Crippen LogP contribution >= 0.6 is 0 Å². The zero-order valence-corrected chi connectivity index (χ0v) is 26.5. The lowest BCUT2D eigenvalue weighted by Crippen LogP contribution is -2.26. The van der Waals surface area contributed by atoms with E-state index in [0.29, 0.717) is 0 Å². The predicted molar refractivity (Wildman–Crippen MR) is 179 cm³/mol. The number of imidazole rings is 1. The van der Waals surface area contributed by atoms with Crippen molar-refractivity contribution >= 4 is 32.8 Å². The maximum atomic E-state index is 6.70. The predicted octanol–water partition coefficient (Wildman–Crippen LogP) is 9.13. The Morgan fingerprint density at radius 3 is 2.14 bits per heavy atom. The smallest absolute Gasteiger partial charge is 0.244 e. The SMILES string of the molecule is C[n+]1[c-]n(-c2cc(Oc3ccc4c5ccccc5n(-c5cc(C(C)(C)C)ccn5)c4c3)cc(C(C)(C)C)c2)c2ccccc21. The molecule has 0 radical (unpaired) electrons. The molecular weight excluding hydrogens is 540 g/mol. The summed E-state index contributed by atoms with van der Waals surface area (Å²) in [6.45, 7) is 13.4. The first-order valence-electron chi connectivity index (χ1n) is 15.2. The van der Waals surface area contributed by atoms with E-state index < -0.39 is 0 Å². The molecule has 0 spiro atoms. The molecule has 220 valence electrons. The molecule has 44 heavy (non-hydrogen) atoms. The number of hydrogen-bond acceptors (Lipinski definition) is 2. The minimum absolute atomic E-state index is 0.0139. The first-order chi connectivity index (χ1) is 21.0. The highest BCUT2D eigenvalue weighted by atomic mass is 16.5. The Morgan fingerprint density at radius 1 is 0.659 bits per heavy atom. The van der Waals surface area contributed by atoms with Gasteiger partial charge < -0.3 is 13.9 Å². The number of benzene rings is 4. The molecule has 5 heteroatoms. The molecule has 0 aliphatic carbocycles. The first kappa shape index (κ1) is 27.9. The molecule has 0 fully saturated rings. The van der Waals surface area contributed by atoms with Gasteiger partial charge in [0.2, 0.25) is 6.33 Å². The summed E-state index contributed by atoms with van der Waals surface area (Å²) in [5.74, 6) is 2.47. The van der Waals surface area contributed by atoms with Crippen molar-refractivity contribution in [2.75, 3.05) is 0 Å². The van der Waals surface area contributed by atoms with Gasteiger partial charge in [-0.1, -0.05) is 90.1 Å². The molecule has 0 amide bonds. The molecule has 0 N–H and O–H groups in total. The van der Waals surface area contributed by atoms with Gasteiger partial charge in [-0.2, -0.15) is 0 Å². The Morgan fingerprint density at radius 2 is 1.36 bits per heavy atom. The van der Waals surface area contributed by atoms with Gasteiger partial charge in [0.15, 0.2) is 0 Å². The van der Waals surface area contributed by atoms with Gasteiger partial charge in [0, 0.05) is 23.0 Å². The van der Waals surface area contributed by atoms with Crippen molar-refractivity contribution in [1.29, 1.82) is 0 Å². The minimum Gasteiger partial charge on any atom is -0.458 e. The van der Waals surface area contributed by atoms with Crippen LogP contribution in [-0.4, -0.2) is 14.1 Å². The molecule has 3 aromatic heterocycles. The highest BCUT2D eigenvalue weighted by molar-refractivity contribution is 6.09. The van der Waals surface area contributed by atoms with E-state index >= 15 is 0 Å². The summed E-state index contributed by atoms with van der Waals surface area (Å²) >= 11 is 0. The lowest BCUT2D eigenvalue weighted by atomic mass is 9.86. The van der Waals surface area contributed by atoms with E-state index in [1.807, 2.05) is 17.8 Å². The number of ether oxygens (including phenoxy) is 1. The molecule has 0 saturated heterocycles. The van der Waals surface area contributed by atoms with E-state index in [1.165, 1.54) is 21.9 Å². The third kappa shape index (κ3) is 4.83. The number of rotatable bonds is 4. The van der Waals surface area contributed by atoms with Crippen LogP contribution in [0, 0.1) is 6.33 Å². The van der Waals surface area contributed by atoms with Crippen LogP contribution in [0.5, 0.6) is 11.5 Å². The number of pyridine rings is 1. The molecule has 0 bridgehead atoms. The topological polar surface area (TPSA) is 35.9 Å². The van der Waals surface area contributed by atoms with Crippen molar-refractivity contribution < 1.29 is 9.30 Å². The highest BCUT2D eigenvalue weighted by Gasteiger charge is 2.20. The van der Waals surface area contributed by atoms with Gasteiger partial charge in [0.1, 0.15) is 17.3 Å². The Labute approximate surface area is 259 Å². The van der Waals surface area contributed by atoms with Crippen LogP contribution in [0.4, 0.5) is 0 Å². The quantitative estimate of drug-likeness (QED) is 0.154. The molecule has 0 saturated carbocycles. The molecule has 7 aromatic rings. The summed E-state index contributed by atoms with van der Waals surface area (Å²) in [5.41, 5.74) is 7.81. The van der Waals surface area contributed by atoms with Crippen molar-refractivity contribution in [3.63, 3.8) is 0 Å². The molecule has 7 rings (SSSR count). The van der Waals surface area contributed by atoms with E-state index in [0.717, 1.165) is 45.1 Å². The number of fused-ring (bicyclic) bond motifs is 4. The zero-order valence-electron chi connectivity index (χ0n) is 26.5. The van der Waals surface area contributed by atoms with Crippen LogP contribution < -0.4 is 9.30 Å². The summed E-state index contributed by atoms with van der Waals surface area (Å²) in [6.07, 6.45) is 5.40. The molecule has 0 unspecified atom stereocenters. The Hall–Kier alpha value is -4.90. The van der Waals surface area contributed by atoms with Gasteiger partial charge in [-0.3, -0.25) is 4.57 Å². The Bertz CT molecular complexity index is 2190. The summed E-state index contributed by atoms with van der Waals surface area (Å²) in [6, 6.07) is 34.1. The standard InChI is InChI=1S/C39H38N4O/c1-38(2,3)26-18-19-40-37(22-26)43-33-13-9-8-12-31(33)32-17-16-29(24-36(32)43)44-30-21-27(39(4,5)6)20-28(23-30)42-25-41(7)34-14-10-11-15-35(34)42/h8-24H,1-7H3. The lowest BCUT2D eigenvalue weighted by molar-refractivity contribution is -0.649. The van der Waals surface area contributed by atoms with Crippen LogP contribution in [0.3, 0.4) is 0 Å². The number of para-hydroxylation sites is 3. The largest absolute Gasteiger partial charge is 0.458 e. The number of hydrogen-bond donors (Lipinski definition) is 0. The van der Waals surface area contributed by atoms with Crippen molar-refractivity contribution in [3.8, 4) is 23.0 Å². The van der Waals surface area contributed by atoms with Crippen LogP contribution in [0.25, 0.3) is 44.3 Å². The van der Waals surface area contributed by atoms with E-state index in [2.05, 4.69) is 154 Å². The third-order valence-electron chi connectivity index (χ3n) is 8.47. The monoisotopic (exact) mass is 578 g/mol. The Kier molecular flexibility index (Phi) is 6.40. The maximum absolute atomic E-state index is 6.70. The van der Waals surface area contributed by atoms with Crippen LogP contribution in [0.2, 0.25) is 0 Å². The summed E-state index contributed by atoms with van der Waals surface area (Å²) in [7, 11) is 2.03. The highest BCUT2D eigenvalue weighted by Crippen LogP contribution is 2.37. The average Bonchev–Trinajstić information content (AvgIpc) is 3.51. The summed E-state index contributed by atoms with van der Waals surface area (Å²) < 4.78 is 13.1. The molecule has 3 heterocycles. The second-order valence-corrected chi connectivity index (χ2v) is 13.7. The van der Waals surface area contributed by atoms with Gasteiger partial charge in [-0.05, 0) is 64.4 Å². The summed E-state index contributed by atoms with van der Waals surface area (Å²) in [5, 5.41) is 2.36. The van der Waals surface area contributed by atoms with Crippen LogP contribution in [-0.2, 0) is 17.9 Å². The number of aromatic nitrogens is 4. The molecule has 0 aliphatic heterocycles. The molecule has 0 aliphatic rings. The fraction of sp³-hybridized carbons (Fsp3) is 0.231. The third-order valence-corrected chi connectivity index (χ3v) is 8.47. The fourth-order valence-electron chi connectivity index (χ4n) is 6.00. The van der Waals surface area contributed by atoms with Crippen LogP contribution in [0.1, 0.15) is 52.7 Å². The fourth-order valence-corrected chi connectivity index (χ4v) is 6.00. The minimum atomic E-state index is -0.0701. The second-order valence-electron chi connectivity index (χ2n) is 13.7. The normalized spacial score (nSPS) is 12.4. The van der Waals surface area contributed by atoms with E-state index in [4.69, 9.17) is 9.72 Å². The van der Waals surface area contributed by atoms with Gasteiger partial charge >= 0.3 is 0 Å². The maximum Gasteiger partial charge on any atom is 0.244 e.